The van der Waals surface area contributed by atoms with Crippen LogP contribution in [0.1, 0.15) is 19.8 Å². The van der Waals surface area contributed by atoms with E-state index in [2.05, 4.69) is 17.1 Å². The molecule has 1 fully saturated rings. The van der Waals surface area contributed by atoms with Gasteiger partial charge in [-0.25, -0.2) is 4.39 Å². The van der Waals surface area contributed by atoms with Crippen LogP contribution in [0, 0.1) is 11.7 Å². The second kappa shape index (κ2) is 6.35. The lowest BCUT2D eigenvalue weighted by Crippen LogP contribution is -2.39. The molecule has 1 aromatic carbocycles. The fourth-order valence-corrected chi connectivity index (χ4v) is 2.59. The Morgan fingerprint density at radius 1 is 1.58 bits per heavy atom. The van der Waals surface area contributed by atoms with E-state index in [1.165, 1.54) is 24.6 Å². The summed E-state index contributed by atoms with van der Waals surface area (Å²) < 4.78 is 13.0. The zero-order chi connectivity index (χ0) is 13.8. The third-order valence-corrected chi connectivity index (χ3v) is 3.60. The van der Waals surface area contributed by atoms with Gasteiger partial charge in [0.1, 0.15) is 5.82 Å². The standard InChI is InChI=1S/C14H18ClFN2O/c1-10-3-2-6-18(8-10)9-14(19)17-11-4-5-13(16)12(15)7-11/h4-5,7,10H,2-3,6,8-9H2,1H3,(H,17,19)/t10-/m1/s1. The number of halogens is 2. The van der Waals surface area contributed by atoms with E-state index in [1.54, 1.807) is 0 Å². The number of carbonyl (C=O) groups excluding carboxylic acids is 1. The number of nitrogens with zero attached hydrogens (tertiary/aromatic N) is 1. The number of rotatable bonds is 3. The molecule has 1 heterocycles. The summed E-state index contributed by atoms with van der Waals surface area (Å²) in [5.41, 5.74) is 0.529. The zero-order valence-electron chi connectivity index (χ0n) is 11.0. The fraction of sp³-hybridized carbons (Fsp3) is 0.500. The van der Waals surface area contributed by atoms with E-state index < -0.39 is 5.82 Å². The zero-order valence-corrected chi connectivity index (χ0v) is 11.7. The Kier molecular flexibility index (Phi) is 4.77. The fourth-order valence-electron chi connectivity index (χ4n) is 2.41. The van der Waals surface area contributed by atoms with Crippen LogP contribution in [0.25, 0.3) is 0 Å². The Labute approximate surface area is 117 Å². The maximum absolute atomic E-state index is 13.0. The van der Waals surface area contributed by atoms with Crippen molar-refractivity contribution in [3.8, 4) is 0 Å². The number of likely N-dealkylation sites (tertiary alicyclic amines) is 1. The van der Waals surface area contributed by atoms with Crippen molar-refractivity contribution in [2.24, 2.45) is 5.92 Å². The van der Waals surface area contributed by atoms with Crippen molar-refractivity contribution in [3.05, 3.63) is 29.0 Å². The second-order valence-electron chi connectivity index (χ2n) is 5.16. The van der Waals surface area contributed by atoms with Gasteiger partial charge in [0.2, 0.25) is 5.91 Å². The number of hydrogen-bond acceptors (Lipinski definition) is 2. The third kappa shape index (κ3) is 4.18. The highest BCUT2D eigenvalue weighted by atomic mass is 35.5. The summed E-state index contributed by atoms with van der Waals surface area (Å²) in [4.78, 5) is 14.0. The molecule has 2 rings (SSSR count). The van der Waals surface area contributed by atoms with Gasteiger partial charge in [0.25, 0.3) is 0 Å². The molecular formula is C14H18ClFN2O. The molecule has 1 aliphatic rings. The lowest BCUT2D eigenvalue weighted by Gasteiger charge is -2.30. The van der Waals surface area contributed by atoms with Gasteiger partial charge in [0, 0.05) is 12.2 Å². The summed E-state index contributed by atoms with van der Waals surface area (Å²) in [6, 6.07) is 4.19. The number of nitrogens with one attached hydrogen (secondary N) is 1. The van der Waals surface area contributed by atoms with Gasteiger partial charge in [-0.1, -0.05) is 18.5 Å². The molecule has 0 bridgehead atoms. The maximum atomic E-state index is 13.0. The molecule has 19 heavy (non-hydrogen) atoms. The minimum absolute atomic E-state index is 0.0180. The number of amides is 1. The monoisotopic (exact) mass is 284 g/mol. The molecular weight excluding hydrogens is 267 g/mol. The minimum Gasteiger partial charge on any atom is -0.325 e. The van der Waals surface area contributed by atoms with Gasteiger partial charge >= 0.3 is 0 Å². The van der Waals surface area contributed by atoms with Crippen LogP contribution in [0.2, 0.25) is 5.02 Å². The van der Waals surface area contributed by atoms with Gasteiger partial charge in [-0.15, -0.1) is 0 Å². The van der Waals surface area contributed by atoms with Gasteiger partial charge in [0.05, 0.1) is 11.6 Å². The van der Waals surface area contributed by atoms with Crippen LogP contribution >= 0.6 is 11.6 Å². The van der Waals surface area contributed by atoms with Crippen molar-refractivity contribution in [1.82, 2.24) is 4.90 Å². The quantitative estimate of drug-likeness (QED) is 0.925. The molecule has 1 amide bonds. The molecule has 1 aliphatic heterocycles. The van der Waals surface area contributed by atoms with Crippen LogP contribution in [-0.2, 0) is 4.79 Å². The van der Waals surface area contributed by atoms with E-state index in [0.717, 1.165) is 19.5 Å². The molecule has 0 unspecified atom stereocenters. The van der Waals surface area contributed by atoms with Gasteiger partial charge in [-0.05, 0) is 43.5 Å². The van der Waals surface area contributed by atoms with Crippen molar-refractivity contribution in [3.63, 3.8) is 0 Å². The number of anilines is 1. The summed E-state index contributed by atoms with van der Waals surface area (Å²) in [6.07, 6.45) is 2.36. The van der Waals surface area contributed by atoms with Crippen LogP contribution in [0.4, 0.5) is 10.1 Å². The van der Waals surface area contributed by atoms with Crippen molar-refractivity contribution in [2.75, 3.05) is 25.0 Å². The van der Waals surface area contributed by atoms with Gasteiger partial charge in [0.15, 0.2) is 0 Å². The maximum Gasteiger partial charge on any atom is 0.238 e. The number of piperidine rings is 1. The molecule has 3 nitrogen and oxygen atoms in total. The first kappa shape index (κ1) is 14.3. The largest absolute Gasteiger partial charge is 0.325 e. The van der Waals surface area contributed by atoms with Gasteiger partial charge in [-0.2, -0.15) is 0 Å². The Morgan fingerprint density at radius 3 is 3.05 bits per heavy atom. The van der Waals surface area contributed by atoms with E-state index in [0.29, 0.717) is 18.2 Å². The van der Waals surface area contributed by atoms with Crippen LogP contribution in [0.5, 0.6) is 0 Å². The normalized spacial score (nSPS) is 20.3. The van der Waals surface area contributed by atoms with E-state index in [4.69, 9.17) is 11.6 Å². The highest BCUT2D eigenvalue weighted by Gasteiger charge is 2.18. The Balaban J connectivity index is 1.88. The molecule has 104 valence electrons. The summed E-state index contributed by atoms with van der Waals surface area (Å²) in [7, 11) is 0. The minimum atomic E-state index is -0.482. The smallest absolute Gasteiger partial charge is 0.238 e. The molecule has 0 aliphatic carbocycles. The molecule has 0 spiro atoms. The lowest BCUT2D eigenvalue weighted by molar-refractivity contribution is -0.117. The predicted octanol–water partition coefficient (Wildman–Crippen LogP) is 3.15. The van der Waals surface area contributed by atoms with Gasteiger partial charge < -0.3 is 5.32 Å². The molecule has 1 atom stereocenters. The van der Waals surface area contributed by atoms with Crippen molar-refractivity contribution >= 4 is 23.2 Å². The molecule has 1 saturated heterocycles. The van der Waals surface area contributed by atoms with Crippen LogP contribution in [0.15, 0.2) is 18.2 Å². The van der Waals surface area contributed by atoms with E-state index in [9.17, 15) is 9.18 Å². The summed E-state index contributed by atoms with van der Waals surface area (Å²) in [6.45, 7) is 4.49. The molecule has 0 saturated carbocycles. The molecule has 1 N–H and O–H groups in total. The first-order chi connectivity index (χ1) is 9.04. The van der Waals surface area contributed by atoms with Crippen LogP contribution in [-0.4, -0.2) is 30.4 Å². The predicted molar refractivity (Wildman–Crippen MR) is 74.9 cm³/mol. The summed E-state index contributed by atoms with van der Waals surface area (Å²) >= 11 is 5.67. The van der Waals surface area contributed by atoms with Crippen LogP contribution < -0.4 is 5.32 Å². The lowest BCUT2D eigenvalue weighted by atomic mass is 10.0. The third-order valence-electron chi connectivity index (χ3n) is 3.31. The Morgan fingerprint density at radius 2 is 2.37 bits per heavy atom. The average molecular weight is 285 g/mol. The molecule has 0 radical (unpaired) electrons. The van der Waals surface area contributed by atoms with E-state index >= 15 is 0 Å². The van der Waals surface area contributed by atoms with Crippen molar-refractivity contribution in [1.29, 1.82) is 0 Å². The first-order valence-electron chi connectivity index (χ1n) is 6.52. The average Bonchev–Trinajstić information content (AvgIpc) is 2.34. The number of carbonyl (C=O) groups is 1. The van der Waals surface area contributed by atoms with Crippen molar-refractivity contribution in [2.45, 2.75) is 19.8 Å². The topological polar surface area (TPSA) is 32.3 Å². The molecule has 5 heteroatoms. The SMILES string of the molecule is C[C@@H]1CCCN(CC(=O)Nc2ccc(F)c(Cl)c2)C1. The van der Waals surface area contributed by atoms with E-state index in [-0.39, 0.29) is 10.9 Å². The molecule has 1 aromatic rings. The number of benzene rings is 1. The highest BCUT2D eigenvalue weighted by molar-refractivity contribution is 6.31. The van der Waals surface area contributed by atoms with Crippen LogP contribution in [0.3, 0.4) is 0 Å². The summed E-state index contributed by atoms with van der Waals surface area (Å²) in [5, 5.41) is 2.76. The second-order valence-corrected chi connectivity index (χ2v) is 5.57. The summed E-state index contributed by atoms with van der Waals surface area (Å²) in [5.74, 6) is 0.0723. The molecule has 0 aromatic heterocycles. The highest BCUT2D eigenvalue weighted by Crippen LogP contribution is 2.19. The van der Waals surface area contributed by atoms with Crippen molar-refractivity contribution < 1.29 is 9.18 Å². The number of hydrogen-bond donors (Lipinski definition) is 1. The first-order valence-corrected chi connectivity index (χ1v) is 6.89. The Bertz CT molecular complexity index is 467. The van der Waals surface area contributed by atoms with Gasteiger partial charge in [-0.3, -0.25) is 9.69 Å². The Hall–Kier alpha value is -1.13. The van der Waals surface area contributed by atoms with E-state index in [1.807, 2.05) is 0 Å².